The van der Waals surface area contributed by atoms with Crippen molar-refractivity contribution in [1.29, 1.82) is 0 Å². The molecule has 0 radical (unpaired) electrons. The van der Waals surface area contributed by atoms with Crippen molar-refractivity contribution in [2.45, 2.75) is 26.7 Å². The van der Waals surface area contributed by atoms with E-state index in [1.807, 2.05) is 19.1 Å². The Morgan fingerprint density at radius 3 is 2.80 bits per heavy atom. The summed E-state index contributed by atoms with van der Waals surface area (Å²) < 4.78 is 11.6. The Morgan fingerprint density at radius 1 is 1.13 bits per heavy atom. The second-order valence-electron chi connectivity index (χ2n) is 7.09. The maximum absolute atomic E-state index is 12.9. The van der Waals surface area contributed by atoms with Crippen LogP contribution < -0.4 is 15.5 Å². The second-order valence-corrected chi connectivity index (χ2v) is 7.09. The van der Waals surface area contributed by atoms with E-state index in [2.05, 4.69) is 17.2 Å². The minimum Gasteiger partial charge on any atom is -0.491 e. The predicted molar refractivity (Wildman–Crippen MR) is 117 cm³/mol. The number of nitrogens with zero attached hydrogens (tertiary/aromatic N) is 1. The second kappa shape index (κ2) is 8.37. The number of anilines is 1. The predicted octanol–water partition coefficient (Wildman–Crippen LogP) is 5.08. The summed E-state index contributed by atoms with van der Waals surface area (Å²) in [5.41, 5.74) is 2.20. The SMILES string of the molecule is CCCCOc1ccc(NC(=O)c2cc(=O)c3cccc(C)c3o2)c2cccnc12. The number of hydrogen-bond acceptors (Lipinski definition) is 5. The van der Waals surface area contributed by atoms with Crippen LogP contribution in [0.2, 0.25) is 0 Å². The molecule has 0 spiro atoms. The van der Waals surface area contributed by atoms with Gasteiger partial charge in [-0.05, 0) is 49.2 Å². The van der Waals surface area contributed by atoms with Gasteiger partial charge in [0.1, 0.15) is 16.8 Å². The molecule has 1 N–H and O–H groups in total. The van der Waals surface area contributed by atoms with Gasteiger partial charge in [-0.2, -0.15) is 0 Å². The van der Waals surface area contributed by atoms with Gasteiger partial charge in [0.25, 0.3) is 5.91 Å². The number of fused-ring (bicyclic) bond motifs is 2. The number of nitrogens with one attached hydrogen (secondary N) is 1. The summed E-state index contributed by atoms with van der Waals surface area (Å²) in [6.45, 7) is 4.55. The zero-order valence-electron chi connectivity index (χ0n) is 16.9. The highest BCUT2D eigenvalue weighted by Gasteiger charge is 2.16. The number of carbonyl (C=O) groups excluding carboxylic acids is 1. The summed E-state index contributed by atoms with van der Waals surface area (Å²) >= 11 is 0. The number of hydrogen-bond donors (Lipinski definition) is 1. The molecule has 0 saturated carbocycles. The Morgan fingerprint density at radius 2 is 1.97 bits per heavy atom. The maximum Gasteiger partial charge on any atom is 0.291 e. The molecule has 1 amide bonds. The van der Waals surface area contributed by atoms with Crippen molar-refractivity contribution >= 4 is 33.5 Å². The van der Waals surface area contributed by atoms with Gasteiger partial charge in [0.15, 0.2) is 11.2 Å². The van der Waals surface area contributed by atoms with Crippen molar-refractivity contribution in [3.8, 4) is 5.75 Å². The highest BCUT2D eigenvalue weighted by atomic mass is 16.5. The third-order valence-corrected chi connectivity index (χ3v) is 4.91. The van der Waals surface area contributed by atoms with Gasteiger partial charge in [0.2, 0.25) is 0 Å². The molecule has 0 aliphatic heterocycles. The number of aromatic nitrogens is 1. The molecule has 2 heterocycles. The number of ether oxygens (including phenoxy) is 1. The molecule has 30 heavy (non-hydrogen) atoms. The van der Waals surface area contributed by atoms with Crippen LogP contribution in [0.1, 0.15) is 35.9 Å². The van der Waals surface area contributed by atoms with E-state index in [1.165, 1.54) is 6.07 Å². The van der Waals surface area contributed by atoms with E-state index in [9.17, 15) is 9.59 Å². The van der Waals surface area contributed by atoms with Crippen molar-refractivity contribution < 1.29 is 13.9 Å². The molecule has 6 heteroatoms. The van der Waals surface area contributed by atoms with E-state index >= 15 is 0 Å². The first kappa shape index (κ1) is 19.6. The Kier molecular flexibility index (Phi) is 5.48. The smallest absolute Gasteiger partial charge is 0.291 e. The van der Waals surface area contributed by atoms with Crippen molar-refractivity contribution in [3.05, 3.63) is 76.3 Å². The number of carbonyl (C=O) groups is 1. The van der Waals surface area contributed by atoms with Gasteiger partial charge in [0.05, 0.1) is 17.7 Å². The van der Waals surface area contributed by atoms with Crippen molar-refractivity contribution in [1.82, 2.24) is 4.98 Å². The number of pyridine rings is 1. The van der Waals surface area contributed by atoms with Gasteiger partial charge in [-0.3, -0.25) is 14.6 Å². The molecule has 0 saturated heterocycles. The molecule has 4 rings (SSSR count). The van der Waals surface area contributed by atoms with Gasteiger partial charge in [-0.25, -0.2) is 0 Å². The quantitative estimate of drug-likeness (QED) is 0.455. The first-order valence-electron chi connectivity index (χ1n) is 9.94. The highest BCUT2D eigenvalue weighted by Crippen LogP contribution is 2.30. The standard InChI is InChI=1S/C24H22N2O4/c1-3-4-13-29-20-11-10-18(16-9-6-12-25-22(16)20)26-24(28)21-14-19(27)17-8-5-7-15(2)23(17)30-21/h5-12,14H,3-4,13H2,1-2H3,(H,26,28). The Hall–Kier alpha value is -3.67. The number of benzene rings is 2. The van der Waals surface area contributed by atoms with Gasteiger partial charge >= 0.3 is 0 Å². The Labute approximate surface area is 173 Å². The lowest BCUT2D eigenvalue weighted by molar-refractivity contribution is 0.0997. The molecule has 2 aromatic carbocycles. The summed E-state index contributed by atoms with van der Waals surface area (Å²) in [4.78, 5) is 29.7. The molecule has 0 bridgehead atoms. The van der Waals surface area contributed by atoms with Crippen LogP contribution in [0.4, 0.5) is 5.69 Å². The molecule has 0 aliphatic rings. The van der Waals surface area contributed by atoms with Crippen LogP contribution in [0.5, 0.6) is 5.75 Å². The third-order valence-electron chi connectivity index (χ3n) is 4.91. The molecular weight excluding hydrogens is 380 g/mol. The average Bonchev–Trinajstić information content (AvgIpc) is 2.76. The van der Waals surface area contributed by atoms with E-state index in [0.717, 1.165) is 23.8 Å². The van der Waals surface area contributed by atoms with Gasteiger partial charge < -0.3 is 14.5 Å². The lowest BCUT2D eigenvalue weighted by Gasteiger charge is -2.12. The summed E-state index contributed by atoms with van der Waals surface area (Å²) in [6.07, 6.45) is 3.68. The fourth-order valence-corrected chi connectivity index (χ4v) is 3.31. The summed E-state index contributed by atoms with van der Waals surface area (Å²) in [5, 5.41) is 4.04. The van der Waals surface area contributed by atoms with E-state index < -0.39 is 5.91 Å². The fraction of sp³-hybridized carbons (Fsp3) is 0.208. The molecule has 2 aromatic heterocycles. The van der Waals surface area contributed by atoms with Crippen LogP contribution in [0.25, 0.3) is 21.9 Å². The van der Waals surface area contributed by atoms with Crippen molar-refractivity contribution in [2.75, 3.05) is 11.9 Å². The normalized spacial score (nSPS) is 11.0. The molecule has 0 unspecified atom stereocenters. The lowest BCUT2D eigenvalue weighted by atomic mass is 10.1. The number of aryl methyl sites for hydroxylation is 1. The molecule has 0 atom stereocenters. The first-order valence-corrected chi connectivity index (χ1v) is 9.94. The summed E-state index contributed by atoms with van der Waals surface area (Å²) in [6, 6.07) is 13.8. The molecule has 0 fully saturated rings. The summed E-state index contributed by atoms with van der Waals surface area (Å²) in [7, 11) is 0. The lowest BCUT2D eigenvalue weighted by Crippen LogP contribution is -2.15. The first-order chi connectivity index (χ1) is 14.6. The van der Waals surface area contributed by atoms with Crippen LogP contribution >= 0.6 is 0 Å². The largest absolute Gasteiger partial charge is 0.491 e. The minimum absolute atomic E-state index is 0.0397. The molecule has 4 aromatic rings. The molecule has 0 aliphatic carbocycles. The van der Waals surface area contributed by atoms with Crippen LogP contribution in [-0.4, -0.2) is 17.5 Å². The van der Waals surface area contributed by atoms with E-state index in [0.29, 0.717) is 34.5 Å². The molecule has 6 nitrogen and oxygen atoms in total. The summed E-state index contributed by atoms with van der Waals surface area (Å²) in [5.74, 6) is 0.133. The van der Waals surface area contributed by atoms with Crippen molar-refractivity contribution in [3.63, 3.8) is 0 Å². The maximum atomic E-state index is 12.9. The Bertz CT molecular complexity index is 1290. The zero-order valence-corrected chi connectivity index (χ0v) is 16.9. The van der Waals surface area contributed by atoms with E-state index in [-0.39, 0.29) is 11.2 Å². The zero-order chi connectivity index (χ0) is 21.1. The van der Waals surface area contributed by atoms with Crippen LogP contribution in [0.3, 0.4) is 0 Å². The van der Waals surface area contributed by atoms with Crippen LogP contribution in [0, 0.1) is 6.92 Å². The van der Waals surface area contributed by atoms with Crippen molar-refractivity contribution in [2.24, 2.45) is 0 Å². The Balaban J connectivity index is 1.69. The number of unbranched alkanes of at least 4 members (excludes halogenated alkanes) is 1. The van der Waals surface area contributed by atoms with E-state index in [4.69, 9.17) is 9.15 Å². The van der Waals surface area contributed by atoms with Gasteiger partial charge in [0, 0.05) is 17.6 Å². The third kappa shape index (κ3) is 3.76. The van der Waals surface area contributed by atoms with Crippen LogP contribution in [-0.2, 0) is 0 Å². The van der Waals surface area contributed by atoms with Crippen LogP contribution in [0.15, 0.2) is 63.9 Å². The number of para-hydroxylation sites is 1. The fourth-order valence-electron chi connectivity index (χ4n) is 3.31. The molecular formula is C24H22N2O4. The highest BCUT2D eigenvalue weighted by molar-refractivity contribution is 6.08. The average molecular weight is 402 g/mol. The monoisotopic (exact) mass is 402 g/mol. The number of rotatable bonds is 6. The topological polar surface area (TPSA) is 81.4 Å². The minimum atomic E-state index is -0.498. The number of amides is 1. The van der Waals surface area contributed by atoms with Gasteiger partial charge in [-0.15, -0.1) is 0 Å². The van der Waals surface area contributed by atoms with E-state index in [1.54, 1.807) is 36.5 Å². The molecule has 152 valence electrons. The van der Waals surface area contributed by atoms with Gasteiger partial charge in [-0.1, -0.05) is 25.5 Å².